The van der Waals surface area contributed by atoms with Crippen LogP contribution in [0.5, 0.6) is 5.88 Å². The van der Waals surface area contributed by atoms with Gasteiger partial charge < -0.3 is 14.6 Å². The topological polar surface area (TPSA) is 83.1 Å². The fourth-order valence-corrected chi connectivity index (χ4v) is 3.02. The molecule has 7 nitrogen and oxygen atoms in total. The van der Waals surface area contributed by atoms with Crippen molar-refractivity contribution in [1.29, 1.82) is 0 Å². The first-order chi connectivity index (χ1) is 13.2. The van der Waals surface area contributed by atoms with Crippen molar-refractivity contribution >= 4 is 22.5 Å². The number of rotatable bonds is 7. The van der Waals surface area contributed by atoms with Crippen LogP contribution in [0.15, 0.2) is 59.0 Å². The second-order valence-corrected chi connectivity index (χ2v) is 6.11. The summed E-state index contributed by atoms with van der Waals surface area (Å²) in [4.78, 5) is 18.4. The van der Waals surface area contributed by atoms with Gasteiger partial charge in [0.15, 0.2) is 5.69 Å². The van der Waals surface area contributed by atoms with Crippen LogP contribution in [0.4, 0.5) is 5.69 Å². The maximum Gasteiger partial charge on any atom is 0.296 e. The van der Waals surface area contributed by atoms with Gasteiger partial charge in [0.1, 0.15) is 0 Å². The van der Waals surface area contributed by atoms with Crippen molar-refractivity contribution < 1.29 is 9.90 Å². The zero-order valence-corrected chi connectivity index (χ0v) is 15.5. The van der Waals surface area contributed by atoms with E-state index in [9.17, 15) is 9.90 Å². The minimum atomic E-state index is -0.498. The van der Waals surface area contributed by atoms with E-state index < -0.39 is 5.91 Å². The van der Waals surface area contributed by atoms with Crippen LogP contribution in [0.3, 0.4) is 0 Å². The van der Waals surface area contributed by atoms with Crippen LogP contribution in [-0.2, 0) is 6.54 Å². The number of benzene rings is 1. The predicted molar refractivity (Wildman–Crippen MR) is 104 cm³/mol. The SMILES string of the molecule is CCN(CC)CCn1c(O)c(N=NC(=O)c2cccnc2)c2ccccc21. The Kier molecular flexibility index (Phi) is 5.93. The fourth-order valence-electron chi connectivity index (χ4n) is 3.02. The van der Waals surface area contributed by atoms with Crippen molar-refractivity contribution in [1.82, 2.24) is 14.5 Å². The standard InChI is InChI=1S/C20H23N5O2/c1-3-24(4-2)12-13-25-17-10-6-5-9-16(17)18(20(25)27)22-23-19(26)15-8-7-11-21-14-15/h5-11,14,27H,3-4,12-13H2,1-2H3. The molecule has 1 amide bonds. The van der Waals surface area contributed by atoms with E-state index in [2.05, 4.69) is 34.0 Å². The third kappa shape index (κ3) is 4.03. The molecule has 0 saturated heterocycles. The molecule has 0 spiro atoms. The number of para-hydroxylation sites is 1. The number of likely N-dealkylation sites (N-methyl/N-ethyl adjacent to an activating group) is 1. The number of azo groups is 1. The number of amides is 1. The molecule has 2 aromatic heterocycles. The van der Waals surface area contributed by atoms with E-state index >= 15 is 0 Å². The summed E-state index contributed by atoms with van der Waals surface area (Å²) in [7, 11) is 0. The third-order valence-electron chi connectivity index (χ3n) is 4.60. The molecule has 0 aliphatic rings. The van der Waals surface area contributed by atoms with Gasteiger partial charge in [0, 0.05) is 30.9 Å². The minimum absolute atomic E-state index is 0.0195. The lowest BCUT2D eigenvalue weighted by atomic mass is 10.2. The van der Waals surface area contributed by atoms with Crippen LogP contribution in [0.2, 0.25) is 0 Å². The molecular formula is C20H23N5O2. The Bertz CT molecular complexity index is 946. The normalized spacial score (nSPS) is 11.7. The first-order valence-corrected chi connectivity index (χ1v) is 9.04. The van der Waals surface area contributed by atoms with E-state index in [4.69, 9.17) is 0 Å². The Balaban J connectivity index is 1.92. The van der Waals surface area contributed by atoms with Gasteiger partial charge in [-0.3, -0.25) is 9.78 Å². The molecule has 0 unspecified atom stereocenters. The molecule has 0 fully saturated rings. The van der Waals surface area contributed by atoms with E-state index in [1.165, 1.54) is 6.20 Å². The predicted octanol–water partition coefficient (Wildman–Crippen LogP) is 4.01. The van der Waals surface area contributed by atoms with Crippen LogP contribution in [0, 0.1) is 0 Å². The Labute approximate surface area is 158 Å². The quantitative estimate of drug-likeness (QED) is 0.641. The van der Waals surface area contributed by atoms with E-state index in [1.807, 2.05) is 28.8 Å². The molecule has 3 rings (SSSR count). The molecule has 7 heteroatoms. The maximum absolute atomic E-state index is 12.2. The van der Waals surface area contributed by atoms with Crippen molar-refractivity contribution in [2.45, 2.75) is 20.4 Å². The summed E-state index contributed by atoms with van der Waals surface area (Å²) >= 11 is 0. The van der Waals surface area contributed by atoms with Crippen molar-refractivity contribution in [3.05, 3.63) is 54.4 Å². The van der Waals surface area contributed by atoms with Crippen LogP contribution in [-0.4, -0.2) is 45.1 Å². The van der Waals surface area contributed by atoms with E-state index in [0.717, 1.165) is 30.5 Å². The van der Waals surface area contributed by atoms with E-state index in [-0.39, 0.29) is 5.88 Å². The van der Waals surface area contributed by atoms with Gasteiger partial charge in [-0.05, 0) is 31.3 Å². The summed E-state index contributed by atoms with van der Waals surface area (Å²) in [6, 6.07) is 10.9. The average Bonchev–Trinajstić information content (AvgIpc) is 2.98. The number of carbonyl (C=O) groups is 1. The van der Waals surface area contributed by atoms with Crippen LogP contribution in [0.1, 0.15) is 24.2 Å². The molecule has 2 heterocycles. The fraction of sp³-hybridized carbons (Fsp3) is 0.300. The Morgan fingerprint density at radius 2 is 1.96 bits per heavy atom. The number of pyridine rings is 1. The van der Waals surface area contributed by atoms with Crippen molar-refractivity contribution in [3.8, 4) is 5.88 Å². The molecule has 0 aliphatic carbocycles. The van der Waals surface area contributed by atoms with Gasteiger partial charge in [-0.15, -0.1) is 10.2 Å². The average molecular weight is 365 g/mol. The summed E-state index contributed by atoms with van der Waals surface area (Å²) in [6.45, 7) is 7.55. The summed E-state index contributed by atoms with van der Waals surface area (Å²) in [5.41, 5.74) is 1.53. The van der Waals surface area contributed by atoms with Crippen molar-refractivity contribution in [3.63, 3.8) is 0 Å². The lowest BCUT2D eigenvalue weighted by Gasteiger charge is -2.18. The lowest BCUT2D eigenvalue weighted by Crippen LogP contribution is -2.26. The molecule has 0 aliphatic heterocycles. The number of aromatic nitrogens is 2. The van der Waals surface area contributed by atoms with E-state index in [0.29, 0.717) is 17.8 Å². The summed E-state index contributed by atoms with van der Waals surface area (Å²) in [5.74, 6) is -0.478. The monoisotopic (exact) mass is 365 g/mol. The Hall–Kier alpha value is -3.06. The van der Waals surface area contributed by atoms with Crippen LogP contribution >= 0.6 is 0 Å². The molecule has 0 radical (unpaired) electrons. The van der Waals surface area contributed by atoms with Gasteiger partial charge in [-0.1, -0.05) is 32.0 Å². The molecule has 140 valence electrons. The van der Waals surface area contributed by atoms with Crippen LogP contribution < -0.4 is 0 Å². The van der Waals surface area contributed by atoms with Gasteiger partial charge in [-0.25, -0.2) is 0 Å². The van der Waals surface area contributed by atoms with Crippen molar-refractivity contribution in [2.24, 2.45) is 10.2 Å². The second kappa shape index (κ2) is 8.55. The van der Waals surface area contributed by atoms with Gasteiger partial charge in [-0.2, -0.15) is 0 Å². The number of carbonyl (C=O) groups excluding carboxylic acids is 1. The lowest BCUT2D eigenvalue weighted by molar-refractivity contribution is 0.0994. The number of aromatic hydroxyl groups is 1. The molecule has 1 aromatic carbocycles. The Morgan fingerprint density at radius 3 is 2.67 bits per heavy atom. The zero-order chi connectivity index (χ0) is 19.2. The van der Waals surface area contributed by atoms with Gasteiger partial charge in [0.2, 0.25) is 5.88 Å². The summed E-state index contributed by atoms with van der Waals surface area (Å²) in [5, 5.41) is 19.3. The smallest absolute Gasteiger partial charge is 0.296 e. The first kappa shape index (κ1) is 18.7. The van der Waals surface area contributed by atoms with Gasteiger partial charge in [0.05, 0.1) is 11.1 Å². The van der Waals surface area contributed by atoms with Crippen molar-refractivity contribution in [2.75, 3.05) is 19.6 Å². The van der Waals surface area contributed by atoms with Gasteiger partial charge >= 0.3 is 0 Å². The molecule has 0 atom stereocenters. The zero-order valence-electron chi connectivity index (χ0n) is 15.5. The van der Waals surface area contributed by atoms with Crippen LogP contribution in [0.25, 0.3) is 10.9 Å². The Morgan fingerprint density at radius 1 is 1.19 bits per heavy atom. The molecule has 0 bridgehead atoms. The van der Waals surface area contributed by atoms with E-state index in [1.54, 1.807) is 18.3 Å². The highest BCUT2D eigenvalue weighted by Gasteiger charge is 2.17. The van der Waals surface area contributed by atoms with Gasteiger partial charge in [0.25, 0.3) is 5.91 Å². The molecule has 1 N–H and O–H groups in total. The molecule has 27 heavy (non-hydrogen) atoms. The molecule has 0 saturated carbocycles. The molecular weight excluding hydrogens is 342 g/mol. The summed E-state index contributed by atoms with van der Waals surface area (Å²) < 4.78 is 1.82. The minimum Gasteiger partial charge on any atom is -0.493 e. The highest BCUT2D eigenvalue weighted by molar-refractivity contribution is 5.97. The first-order valence-electron chi connectivity index (χ1n) is 9.04. The third-order valence-corrected chi connectivity index (χ3v) is 4.60. The number of hydrogen-bond donors (Lipinski definition) is 1. The summed E-state index contributed by atoms with van der Waals surface area (Å²) in [6.07, 6.45) is 3.03. The highest BCUT2D eigenvalue weighted by atomic mass is 16.3. The highest BCUT2D eigenvalue weighted by Crippen LogP contribution is 2.38. The number of hydrogen-bond acceptors (Lipinski definition) is 5. The number of fused-ring (bicyclic) bond motifs is 1. The largest absolute Gasteiger partial charge is 0.493 e. The number of nitrogens with zero attached hydrogens (tertiary/aromatic N) is 5. The molecule has 3 aromatic rings. The maximum atomic E-state index is 12.2. The second-order valence-electron chi connectivity index (χ2n) is 6.11.